The predicted molar refractivity (Wildman–Crippen MR) is 99.9 cm³/mol. The van der Waals surface area contributed by atoms with Crippen LogP contribution in [0.1, 0.15) is 41.6 Å². The van der Waals surface area contributed by atoms with Gasteiger partial charge in [-0.3, -0.25) is 4.90 Å². The van der Waals surface area contributed by atoms with Gasteiger partial charge in [0.15, 0.2) is 11.5 Å². The van der Waals surface area contributed by atoms with Gasteiger partial charge in [0.1, 0.15) is 13.2 Å². The smallest absolute Gasteiger partial charge is 0.164 e. The molecule has 1 saturated heterocycles. The monoisotopic (exact) mass is 351 g/mol. The normalized spacial score (nSPS) is 25.9. The predicted octanol–water partition coefficient (Wildman–Crippen LogP) is 3.30. The van der Waals surface area contributed by atoms with Crippen LogP contribution in [0, 0.1) is 0 Å². The topological polar surface area (TPSA) is 41.9 Å². The van der Waals surface area contributed by atoms with Gasteiger partial charge in [-0.1, -0.05) is 36.4 Å². The number of hydrogen-bond acceptors (Lipinski definition) is 4. The van der Waals surface area contributed by atoms with Gasteiger partial charge in [-0.2, -0.15) is 0 Å². The Hall–Kier alpha value is -2.04. The van der Waals surface area contributed by atoms with Crippen molar-refractivity contribution in [2.45, 2.75) is 37.3 Å². The summed E-state index contributed by atoms with van der Waals surface area (Å²) >= 11 is 0. The molecule has 2 atom stereocenters. The molecular weight excluding hydrogens is 326 g/mol. The maximum absolute atomic E-state index is 10.8. The molecule has 0 amide bonds. The third-order valence-electron chi connectivity index (χ3n) is 6.20. The Morgan fingerprint density at radius 2 is 1.65 bits per heavy atom. The Labute approximate surface area is 154 Å². The highest BCUT2D eigenvalue weighted by atomic mass is 16.6. The first-order valence-electron chi connectivity index (χ1n) is 9.69. The number of aliphatic hydroxyl groups is 1. The number of fused-ring (bicyclic) bond motifs is 2. The minimum atomic E-state index is -0.357. The number of aliphatic hydroxyl groups excluding tert-OH is 1. The Balaban J connectivity index is 1.29. The molecule has 2 heterocycles. The molecule has 5 rings (SSSR count). The van der Waals surface area contributed by atoms with Crippen LogP contribution < -0.4 is 9.47 Å². The number of benzene rings is 2. The molecule has 1 N–H and O–H groups in total. The molecule has 0 saturated carbocycles. The molecule has 0 radical (unpaired) electrons. The SMILES string of the molecule is O[C@@H]1c2ccccc2C[C@H]1N1CCC(c2cccc3c2OCCO3)CC1. The van der Waals surface area contributed by atoms with Crippen LogP contribution >= 0.6 is 0 Å². The van der Waals surface area contributed by atoms with E-state index < -0.39 is 0 Å². The molecule has 4 nitrogen and oxygen atoms in total. The minimum absolute atomic E-state index is 0.220. The molecule has 3 aliphatic rings. The summed E-state index contributed by atoms with van der Waals surface area (Å²) in [4.78, 5) is 2.48. The number of likely N-dealkylation sites (tertiary alicyclic amines) is 1. The second-order valence-corrected chi connectivity index (χ2v) is 7.60. The Bertz CT molecular complexity index is 798. The molecule has 2 aromatic carbocycles. The molecule has 4 heteroatoms. The Morgan fingerprint density at radius 1 is 0.885 bits per heavy atom. The maximum Gasteiger partial charge on any atom is 0.164 e. The van der Waals surface area contributed by atoms with Gasteiger partial charge in [0.25, 0.3) is 0 Å². The van der Waals surface area contributed by atoms with Crippen molar-refractivity contribution >= 4 is 0 Å². The summed E-state index contributed by atoms with van der Waals surface area (Å²) in [6.07, 6.45) is 2.79. The van der Waals surface area contributed by atoms with Crippen LogP contribution in [-0.2, 0) is 6.42 Å². The fourth-order valence-corrected chi connectivity index (χ4v) is 4.84. The van der Waals surface area contributed by atoms with Crippen molar-refractivity contribution in [1.82, 2.24) is 4.90 Å². The fourth-order valence-electron chi connectivity index (χ4n) is 4.84. The molecule has 1 aliphatic carbocycles. The van der Waals surface area contributed by atoms with Gasteiger partial charge < -0.3 is 14.6 Å². The van der Waals surface area contributed by atoms with E-state index in [1.165, 1.54) is 11.1 Å². The third kappa shape index (κ3) is 2.68. The highest BCUT2D eigenvalue weighted by Gasteiger charge is 2.37. The highest BCUT2D eigenvalue weighted by Crippen LogP contribution is 2.43. The average molecular weight is 351 g/mol. The van der Waals surface area contributed by atoms with Gasteiger partial charge in [0.05, 0.1) is 6.10 Å². The second kappa shape index (κ2) is 6.60. The van der Waals surface area contributed by atoms with Crippen LogP contribution in [0.25, 0.3) is 0 Å². The summed E-state index contributed by atoms with van der Waals surface area (Å²) in [5, 5.41) is 10.8. The van der Waals surface area contributed by atoms with Crippen molar-refractivity contribution in [3.63, 3.8) is 0 Å². The van der Waals surface area contributed by atoms with Gasteiger partial charge in [0, 0.05) is 11.6 Å². The highest BCUT2D eigenvalue weighted by molar-refractivity contribution is 5.49. The van der Waals surface area contributed by atoms with Crippen LogP contribution in [0.3, 0.4) is 0 Å². The van der Waals surface area contributed by atoms with E-state index in [9.17, 15) is 5.11 Å². The van der Waals surface area contributed by atoms with Gasteiger partial charge in [0.2, 0.25) is 0 Å². The molecule has 2 aromatic rings. The maximum atomic E-state index is 10.8. The summed E-state index contributed by atoms with van der Waals surface area (Å²) < 4.78 is 11.7. The van der Waals surface area contributed by atoms with Crippen LogP contribution in [0.4, 0.5) is 0 Å². The molecule has 0 unspecified atom stereocenters. The summed E-state index contributed by atoms with van der Waals surface area (Å²) in [7, 11) is 0. The number of ether oxygens (including phenoxy) is 2. The summed E-state index contributed by atoms with van der Waals surface area (Å²) in [5.74, 6) is 2.34. The van der Waals surface area contributed by atoms with E-state index in [2.05, 4.69) is 35.2 Å². The van der Waals surface area contributed by atoms with E-state index >= 15 is 0 Å². The quantitative estimate of drug-likeness (QED) is 0.901. The largest absolute Gasteiger partial charge is 0.486 e. The van der Waals surface area contributed by atoms with E-state index in [1.807, 2.05) is 12.1 Å². The van der Waals surface area contributed by atoms with E-state index in [0.29, 0.717) is 19.1 Å². The van der Waals surface area contributed by atoms with Crippen molar-refractivity contribution in [3.8, 4) is 11.5 Å². The summed E-state index contributed by atoms with van der Waals surface area (Å²) in [5.41, 5.74) is 3.70. The first-order valence-corrected chi connectivity index (χ1v) is 9.69. The van der Waals surface area contributed by atoms with Crippen molar-refractivity contribution in [1.29, 1.82) is 0 Å². The third-order valence-corrected chi connectivity index (χ3v) is 6.20. The Morgan fingerprint density at radius 3 is 2.50 bits per heavy atom. The van der Waals surface area contributed by atoms with Crippen LogP contribution in [0.15, 0.2) is 42.5 Å². The molecule has 0 aromatic heterocycles. The van der Waals surface area contributed by atoms with E-state index in [0.717, 1.165) is 49.4 Å². The first-order chi connectivity index (χ1) is 12.8. The molecule has 0 bridgehead atoms. The number of nitrogens with zero attached hydrogens (tertiary/aromatic N) is 1. The van der Waals surface area contributed by atoms with E-state index in [1.54, 1.807) is 0 Å². The molecule has 136 valence electrons. The first kappa shape index (κ1) is 16.2. The average Bonchev–Trinajstić information content (AvgIpc) is 3.05. The number of para-hydroxylation sites is 1. The van der Waals surface area contributed by atoms with Crippen LogP contribution in [0.5, 0.6) is 11.5 Å². The lowest BCUT2D eigenvalue weighted by Crippen LogP contribution is -2.43. The molecular formula is C22H25NO3. The van der Waals surface area contributed by atoms with Crippen molar-refractivity contribution in [2.75, 3.05) is 26.3 Å². The van der Waals surface area contributed by atoms with Crippen molar-refractivity contribution in [2.24, 2.45) is 0 Å². The Kier molecular flexibility index (Phi) is 4.10. The molecule has 26 heavy (non-hydrogen) atoms. The zero-order valence-corrected chi connectivity index (χ0v) is 14.9. The van der Waals surface area contributed by atoms with Gasteiger partial charge in [-0.15, -0.1) is 0 Å². The molecule has 0 spiro atoms. The lowest BCUT2D eigenvalue weighted by atomic mass is 9.87. The number of rotatable bonds is 2. The number of piperidine rings is 1. The lowest BCUT2D eigenvalue weighted by molar-refractivity contribution is 0.0454. The fraction of sp³-hybridized carbons (Fsp3) is 0.455. The molecule has 2 aliphatic heterocycles. The number of hydrogen-bond donors (Lipinski definition) is 1. The lowest BCUT2D eigenvalue weighted by Gasteiger charge is -2.38. The van der Waals surface area contributed by atoms with E-state index in [4.69, 9.17) is 9.47 Å². The van der Waals surface area contributed by atoms with Crippen molar-refractivity contribution < 1.29 is 14.6 Å². The summed E-state index contributed by atoms with van der Waals surface area (Å²) in [6, 6.07) is 14.8. The van der Waals surface area contributed by atoms with Gasteiger partial charge in [-0.05, 0) is 55.5 Å². The van der Waals surface area contributed by atoms with Crippen LogP contribution in [-0.4, -0.2) is 42.4 Å². The molecule has 1 fully saturated rings. The van der Waals surface area contributed by atoms with Gasteiger partial charge >= 0.3 is 0 Å². The van der Waals surface area contributed by atoms with Gasteiger partial charge in [-0.25, -0.2) is 0 Å². The van der Waals surface area contributed by atoms with Crippen LogP contribution in [0.2, 0.25) is 0 Å². The zero-order valence-electron chi connectivity index (χ0n) is 14.9. The standard InChI is InChI=1S/C22H25NO3/c24-21-17-5-2-1-4-16(17)14-19(21)23-10-8-15(9-11-23)18-6-3-7-20-22(18)26-13-12-25-20/h1-7,15,19,21,24H,8-14H2/t19-,21-/m1/s1. The zero-order chi connectivity index (χ0) is 17.5. The summed E-state index contributed by atoms with van der Waals surface area (Å²) in [6.45, 7) is 3.31. The van der Waals surface area contributed by atoms with E-state index in [-0.39, 0.29) is 12.1 Å². The minimum Gasteiger partial charge on any atom is -0.486 e. The van der Waals surface area contributed by atoms with Crippen molar-refractivity contribution in [3.05, 3.63) is 59.2 Å². The second-order valence-electron chi connectivity index (χ2n) is 7.60.